The van der Waals surface area contributed by atoms with Gasteiger partial charge in [0.2, 0.25) is 0 Å². The molecule has 0 radical (unpaired) electrons. The van der Waals surface area contributed by atoms with Crippen LogP contribution >= 0.6 is 0 Å². The first-order valence-corrected chi connectivity index (χ1v) is 4.69. The number of quaternary nitrogens is 1. The van der Waals surface area contributed by atoms with E-state index in [4.69, 9.17) is 0 Å². The van der Waals surface area contributed by atoms with Gasteiger partial charge in [-0.25, -0.2) is 14.0 Å². The Morgan fingerprint density at radius 2 is 1.88 bits per heavy atom. The van der Waals surface area contributed by atoms with Gasteiger partial charge < -0.3 is 0 Å². The highest BCUT2D eigenvalue weighted by Crippen LogP contribution is 2.24. The summed E-state index contributed by atoms with van der Waals surface area (Å²) in [5.74, 6) is -0.604. The van der Waals surface area contributed by atoms with Crippen molar-refractivity contribution in [3.8, 4) is 0 Å². The number of carbonyl (C=O) groups excluding carboxylic acids is 2. The first-order chi connectivity index (χ1) is 7.43. The maximum Gasteiger partial charge on any atom is 0.456 e. The molecule has 1 aromatic carbocycles. The SMILES string of the molecule is C[N+]1(C)NC(=O)N(c2ccccc2F)C1=O. The third kappa shape index (κ3) is 1.43. The highest BCUT2D eigenvalue weighted by Gasteiger charge is 2.48. The minimum atomic E-state index is -0.625. The molecule has 0 bridgehead atoms. The molecule has 1 heterocycles. The van der Waals surface area contributed by atoms with Crippen LogP contribution in [0.4, 0.5) is 19.7 Å². The fourth-order valence-electron chi connectivity index (χ4n) is 1.52. The van der Waals surface area contributed by atoms with Crippen LogP contribution in [0, 0.1) is 5.82 Å². The second-order valence-electron chi connectivity index (χ2n) is 3.94. The molecule has 4 amide bonds. The van der Waals surface area contributed by atoms with E-state index in [0.29, 0.717) is 0 Å². The molecule has 1 N–H and O–H groups in total. The van der Waals surface area contributed by atoms with Crippen molar-refractivity contribution in [1.82, 2.24) is 5.43 Å². The second kappa shape index (κ2) is 3.28. The number of urea groups is 2. The van der Waals surface area contributed by atoms with Crippen LogP contribution in [0.1, 0.15) is 0 Å². The van der Waals surface area contributed by atoms with E-state index in [9.17, 15) is 14.0 Å². The predicted molar refractivity (Wildman–Crippen MR) is 54.9 cm³/mol. The molecule has 0 aliphatic carbocycles. The summed E-state index contributed by atoms with van der Waals surface area (Å²) in [6, 6.07) is 4.51. The minimum Gasteiger partial charge on any atom is -0.242 e. The highest BCUT2D eigenvalue weighted by atomic mass is 19.1. The molecule has 1 aromatic rings. The summed E-state index contributed by atoms with van der Waals surface area (Å²) in [6.07, 6.45) is 0. The van der Waals surface area contributed by atoms with E-state index in [-0.39, 0.29) is 10.3 Å². The van der Waals surface area contributed by atoms with Gasteiger partial charge >= 0.3 is 12.1 Å². The van der Waals surface area contributed by atoms with Gasteiger partial charge in [-0.1, -0.05) is 12.1 Å². The summed E-state index contributed by atoms with van der Waals surface area (Å²) in [5, 5.41) is 0. The number of nitrogens with zero attached hydrogens (tertiary/aromatic N) is 2. The Morgan fingerprint density at radius 1 is 1.25 bits per heavy atom. The number of para-hydroxylation sites is 1. The van der Waals surface area contributed by atoms with Crippen molar-refractivity contribution in [3.63, 3.8) is 0 Å². The van der Waals surface area contributed by atoms with Gasteiger partial charge in [-0.05, 0) is 12.1 Å². The van der Waals surface area contributed by atoms with Crippen LogP contribution in [0.15, 0.2) is 24.3 Å². The molecule has 1 fully saturated rings. The molecular weight excluding hydrogens is 213 g/mol. The van der Waals surface area contributed by atoms with Crippen LogP contribution in [0.2, 0.25) is 0 Å². The largest absolute Gasteiger partial charge is 0.456 e. The number of rotatable bonds is 1. The Bertz CT molecular complexity index is 473. The van der Waals surface area contributed by atoms with Gasteiger partial charge in [-0.2, -0.15) is 10.3 Å². The summed E-state index contributed by atoms with van der Waals surface area (Å²) in [6.45, 7) is 0. The van der Waals surface area contributed by atoms with Crippen LogP contribution < -0.4 is 10.3 Å². The molecule has 1 aliphatic rings. The second-order valence-corrected chi connectivity index (χ2v) is 3.94. The monoisotopic (exact) mass is 224 g/mol. The molecule has 1 aliphatic heterocycles. The molecule has 6 heteroatoms. The van der Waals surface area contributed by atoms with Crippen molar-refractivity contribution in [2.75, 3.05) is 19.0 Å². The molecule has 0 saturated carbocycles. The van der Waals surface area contributed by atoms with E-state index in [1.807, 2.05) is 0 Å². The van der Waals surface area contributed by atoms with Crippen molar-refractivity contribution in [2.24, 2.45) is 0 Å². The van der Waals surface area contributed by atoms with E-state index >= 15 is 0 Å². The maximum atomic E-state index is 13.5. The Morgan fingerprint density at radius 3 is 2.38 bits per heavy atom. The Hall–Kier alpha value is -1.95. The van der Waals surface area contributed by atoms with E-state index in [1.54, 1.807) is 6.07 Å². The molecule has 0 spiro atoms. The van der Waals surface area contributed by atoms with Gasteiger partial charge in [-0.15, -0.1) is 4.59 Å². The fraction of sp³-hybridized carbons (Fsp3) is 0.200. The van der Waals surface area contributed by atoms with Gasteiger partial charge in [0.15, 0.2) is 0 Å². The number of anilines is 1. The van der Waals surface area contributed by atoms with Crippen molar-refractivity contribution in [1.29, 1.82) is 0 Å². The maximum absolute atomic E-state index is 13.5. The van der Waals surface area contributed by atoms with Gasteiger partial charge in [0.1, 0.15) is 19.9 Å². The first-order valence-electron chi connectivity index (χ1n) is 4.69. The van der Waals surface area contributed by atoms with Crippen LogP contribution in [0.3, 0.4) is 0 Å². The van der Waals surface area contributed by atoms with Crippen LogP contribution in [0.25, 0.3) is 0 Å². The van der Waals surface area contributed by atoms with Crippen molar-refractivity contribution >= 4 is 17.7 Å². The topological polar surface area (TPSA) is 49.4 Å². The van der Waals surface area contributed by atoms with Crippen LogP contribution in [0.5, 0.6) is 0 Å². The number of hydrogen-bond donors (Lipinski definition) is 1. The standard InChI is InChI=1S/C10H10FN3O2/c1-14(2)10(16)13(9(15)12-14)8-6-4-3-5-7(8)11/h3-6H,1-2H3/p+1. The average molecular weight is 224 g/mol. The molecule has 2 rings (SSSR count). The number of carbonyl (C=O) groups is 2. The fourth-order valence-corrected chi connectivity index (χ4v) is 1.52. The number of hydrogen-bond acceptors (Lipinski definition) is 2. The molecule has 0 atom stereocenters. The third-order valence-corrected chi connectivity index (χ3v) is 2.34. The summed E-state index contributed by atoms with van der Waals surface area (Å²) >= 11 is 0. The zero-order chi connectivity index (χ0) is 11.9. The summed E-state index contributed by atoms with van der Waals surface area (Å²) in [5.41, 5.74) is 2.39. The minimum absolute atomic E-state index is 0.0336. The Kier molecular flexibility index (Phi) is 2.16. The molecule has 0 unspecified atom stereocenters. The Balaban J connectivity index is 2.47. The zero-order valence-electron chi connectivity index (χ0n) is 8.90. The molecule has 5 nitrogen and oxygen atoms in total. The van der Waals surface area contributed by atoms with E-state index < -0.39 is 17.9 Å². The molecule has 1 saturated heterocycles. The van der Waals surface area contributed by atoms with Crippen LogP contribution in [-0.2, 0) is 0 Å². The third-order valence-electron chi connectivity index (χ3n) is 2.34. The predicted octanol–water partition coefficient (Wildman–Crippen LogP) is 1.47. The van der Waals surface area contributed by atoms with Crippen LogP contribution in [-0.4, -0.2) is 30.7 Å². The molecule has 0 aromatic heterocycles. The molecule has 84 valence electrons. The van der Waals surface area contributed by atoms with E-state index in [1.165, 1.54) is 32.3 Å². The van der Waals surface area contributed by atoms with Gasteiger partial charge in [0.25, 0.3) is 0 Å². The number of benzene rings is 1. The van der Waals surface area contributed by atoms with Crippen molar-refractivity contribution in [3.05, 3.63) is 30.1 Å². The van der Waals surface area contributed by atoms with Gasteiger partial charge in [0, 0.05) is 0 Å². The summed E-state index contributed by atoms with van der Waals surface area (Å²) in [4.78, 5) is 24.2. The average Bonchev–Trinajstić information content (AvgIpc) is 2.39. The lowest BCUT2D eigenvalue weighted by Crippen LogP contribution is -2.50. The Labute approximate surface area is 91.6 Å². The number of amides is 4. The smallest absolute Gasteiger partial charge is 0.242 e. The lowest BCUT2D eigenvalue weighted by molar-refractivity contribution is -0.838. The number of nitrogens with one attached hydrogen (secondary N) is 1. The van der Waals surface area contributed by atoms with Gasteiger partial charge in [-0.3, -0.25) is 0 Å². The first kappa shape index (κ1) is 10.6. The van der Waals surface area contributed by atoms with E-state index in [2.05, 4.69) is 5.43 Å². The summed E-state index contributed by atoms with van der Waals surface area (Å²) in [7, 11) is 3.03. The number of halogens is 1. The lowest BCUT2D eigenvalue weighted by atomic mass is 10.3. The zero-order valence-corrected chi connectivity index (χ0v) is 8.90. The summed E-state index contributed by atoms with van der Waals surface area (Å²) < 4.78 is 13.1. The quantitative estimate of drug-likeness (QED) is 0.734. The van der Waals surface area contributed by atoms with E-state index in [0.717, 1.165) is 4.90 Å². The number of imide groups is 1. The molecular formula is C10H11FN3O2+. The van der Waals surface area contributed by atoms with Crippen molar-refractivity contribution < 1.29 is 18.6 Å². The lowest BCUT2D eigenvalue weighted by Gasteiger charge is -2.16. The van der Waals surface area contributed by atoms with Gasteiger partial charge in [0.05, 0.1) is 5.69 Å². The normalized spacial score (nSPS) is 18.8. The molecule has 16 heavy (non-hydrogen) atoms. The highest BCUT2D eigenvalue weighted by molar-refractivity contribution is 6.14. The van der Waals surface area contributed by atoms with Crippen molar-refractivity contribution in [2.45, 2.75) is 0 Å².